The van der Waals surface area contributed by atoms with Gasteiger partial charge < -0.3 is 29.6 Å². The van der Waals surface area contributed by atoms with E-state index < -0.39 is 17.9 Å². The van der Waals surface area contributed by atoms with Crippen LogP contribution >= 0.6 is 11.3 Å². The number of rotatable bonds is 7. The summed E-state index contributed by atoms with van der Waals surface area (Å²) in [6.45, 7) is 0.150. The molecule has 152 valence electrons. The average molecular weight is 416 g/mol. The van der Waals surface area contributed by atoms with Gasteiger partial charge in [-0.3, -0.25) is 9.59 Å². The Morgan fingerprint density at radius 2 is 1.97 bits per heavy atom. The molecule has 0 aliphatic heterocycles. The molecule has 0 spiro atoms. The van der Waals surface area contributed by atoms with Gasteiger partial charge in [-0.25, -0.2) is 0 Å². The molecule has 1 unspecified atom stereocenters. The monoisotopic (exact) mass is 416 g/mol. The van der Waals surface area contributed by atoms with E-state index in [-0.39, 0.29) is 6.54 Å². The third kappa shape index (κ3) is 4.95. The Morgan fingerprint density at radius 3 is 2.66 bits per heavy atom. The fourth-order valence-electron chi connectivity index (χ4n) is 2.56. The van der Waals surface area contributed by atoms with Crippen LogP contribution in [0.3, 0.4) is 0 Å². The zero-order chi connectivity index (χ0) is 20.8. The maximum Gasteiger partial charge on any atom is 0.313 e. The third-order valence-electron chi connectivity index (χ3n) is 4.05. The third-order valence-corrected chi connectivity index (χ3v) is 5.19. The number of furan rings is 1. The van der Waals surface area contributed by atoms with Gasteiger partial charge in [0.25, 0.3) is 0 Å². The molecule has 8 nitrogen and oxygen atoms in total. The normalized spacial score (nSPS) is 11.6. The van der Waals surface area contributed by atoms with Crippen molar-refractivity contribution in [3.8, 4) is 11.5 Å². The first-order chi connectivity index (χ1) is 14.0. The number of thiophene rings is 1. The van der Waals surface area contributed by atoms with Crippen molar-refractivity contribution < 1.29 is 28.6 Å². The van der Waals surface area contributed by atoms with Crippen LogP contribution in [0.15, 0.2) is 53.1 Å². The summed E-state index contributed by atoms with van der Waals surface area (Å²) in [4.78, 5) is 25.8. The molecule has 0 bridgehead atoms. The lowest BCUT2D eigenvalue weighted by molar-refractivity contribution is -0.136. The van der Waals surface area contributed by atoms with Crippen LogP contribution in [0.2, 0.25) is 0 Å². The minimum Gasteiger partial charge on any atom is -0.497 e. The first-order valence-corrected chi connectivity index (χ1v) is 9.44. The number of carbonyl (C=O) groups excluding carboxylic acids is 2. The molecule has 3 rings (SSSR count). The summed E-state index contributed by atoms with van der Waals surface area (Å²) in [5.74, 6) is -0.265. The van der Waals surface area contributed by atoms with Crippen LogP contribution in [0.4, 0.5) is 5.69 Å². The van der Waals surface area contributed by atoms with Gasteiger partial charge in [0.2, 0.25) is 0 Å². The number of anilines is 1. The molecule has 29 heavy (non-hydrogen) atoms. The predicted octanol–water partition coefficient (Wildman–Crippen LogP) is 2.69. The Morgan fingerprint density at radius 1 is 1.14 bits per heavy atom. The quantitative estimate of drug-likeness (QED) is 0.511. The fourth-order valence-corrected chi connectivity index (χ4v) is 3.51. The highest BCUT2D eigenvalue weighted by molar-refractivity contribution is 7.12. The van der Waals surface area contributed by atoms with Crippen molar-refractivity contribution in [1.82, 2.24) is 5.32 Å². The number of ether oxygens (including phenoxy) is 2. The van der Waals surface area contributed by atoms with Crippen LogP contribution in [0, 0.1) is 0 Å². The van der Waals surface area contributed by atoms with Gasteiger partial charge in [-0.05, 0) is 36.4 Å². The Kier molecular flexibility index (Phi) is 6.53. The molecule has 2 amide bonds. The lowest BCUT2D eigenvalue weighted by Gasteiger charge is -2.11. The first-order valence-electron chi connectivity index (χ1n) is 8.63. The number of amides is 2. The van der Waals surface area contributed by atoms with E-state index in [4.69, 9.17) is 13.9 Å². The SMILES string of the molecule is COc1ccc(OC)c(NC(=O)C(=O)NCc2ccc(C(O)c3ccco3)s2)c1. The molecule has 9 heteroatoms. The minimum atomic E-state index is -0.872. The molecule has 2 aromatic heterocycles. The molecule has 1 aromatic carbocycles. The van der Waals surface area contributed by atoms with Gasteiger partial charge in [0, 0.05) is 15.8 Å². The molecule has 0 radical (unpaired) electrons. The van der Waals surface area contributed by atoms with Crippen LogP contribution in [-0.2, 0) is 16.1 Å². The van der Waals surface area contributed by atoms with E-state index in [1.807, 2.05) is 0 Å². The van der Waals surface area contributed by atoms with Crippen molar-refractivity contribution in [2.45, 2.75) is 12.6 Å². The van der Waals surface area contributed by atoms with Crippen LogP contribution in [0.25, 0.3) is 0 Å². The van der Waals surface area contributed by atoms with Gasteiger partial charge in [0.05, 0.1) is 32.7 Å². The van der Waals surface area contributed by atoms with Gasteiger partial charge in [-0.2, -0.15) is 0 Å². The molecule has 2 heterocycles. The lowest BCUT2D eigenvalue weighted by Crippen LogP contribution is -2.34. The van der Waals surface area contributed by atoms with Crippen molar-refractivity contribution in [3.63, 3.8) is 0 Å². The summed E-state index contributed by atoms with van der Waals surface area (Å²) in [7, 11) is 2.96. The van der Waals surface area contributed by atoms with Crippen molar-refractivity contribution in [1.29, 1.82) is 0 Å². The van der Waals surface area contributed by atoms with Crippen molar-refractivity contribution in [3.05, 3.63) is 64.2 Å². The Labute approximate surface area is 171 Å². The smallest absolute Gasteiger partial charge is 0.313 e. The highest BCUT2D eigenvalue weighted by Crippen LogP contribution is 2.29. The molecule has 1 atom stereocenters. The maximum absolute atomic E-state index is 12.2. The molecule has 0 aliphatic rings. The second kappa shape index (κ2) is 9.26. The summed E-state index contributed by atoms with van der Waals surface area (Å²) in [5.41, 5.74) is 0.326. The number of benzene rings is 1. The van der Waals surface area contributed by atoms with Crippen LogP contribution in [0.1, 0.15) is 21.6 Å². The van der Waals surface area contributed by atoms with Gasteiger partial charge in [-0.1, -0.05) is 0 Å². The van der Waals surface area contributed by atoms with Crippen molar-refractivity contribution >= 4 is 28.8 Å². The molecule has 0 saturated heterocycles. The Bertz CT molecular complexity index is 983. The molecular formula is C20H20N2O6S. The first kappa shape index (κ1) is 20.4. The number of methoxy groups -OCH3 is 2. The van der Waals surface area contributed by atoms with Crippen molar-refractivity contribution in [2.24, 2.45) is 0 Å². The number of hydrogen-bond donors (Lipinski definition) is 3. The Balaban J connectivity index is 1.58. The largest absolute Gasteiger partial charge is 0.497 e. The van der Waals surface area contributed by atoms with Gasteiger partial charge >= 0.3 is 11.8 Å². The summed E-state index contributed by atoms with van der Waals surface area (Å²) in [6, 6.07) is 11.8. The molecule has 0 saturated carbocycles. The van der Waals surface area contributed by atoms with E-state index in [1.165, 1.54) is 31.8 Å². The van der Waals surface area contributed by atoms with Gasteiger partial charge in [0.15, 0.2) is 0 Å². The fraction of sp³-hybridized carbons (Fsp3) is 0.200. The Hall–Kier alpha value is -3.30. The summed E-state index contributed by atoms with van der Waals surface area (Å²) >= 11 is 1.31. The summed E-state index contributed by atoms with van der Waals surface area (Å²) < 4.78 is 15.5. The van der Waals surface area contributed by atoms with E-state index in [9.17, 15) is 14.7 Å². The number of nitrogens with one attached hydrogen (secondary N) is 2. The van der Waals surface area contributed by atoms with Gasteiger partial charge in [-0.15, -0.1) is 11.3 Å². The highest BCUT2D eigenvalue weighted by atomic mass is 32.1. The van der Waals surface area contributed by atoms with Gasteiger partial charge in [0.1, 0.15) is 23.4 Å². The average Bonchev–Trinajstić information content (AvgIpc) is 3.43. The predicted molar refractivity (Wildman–Crippen MR) is 107 cm³/mol. The minimum absolute atomic E-state index is 0.150. The van der Waals surface area contributed by atoms with Crippen molar-refractivity contribution in [2.75, 3.05) is 19.5 Å². The zero-order valence-corrected chi connectivity index (χ0v) is 16.6. The van der Waals surface area contributed by atoms with E-state index in [2.05, 4.69) is 10.6 Å². The molecule has 3 aromatic rings. The molecule has 3 N–H and O–H groups in total. The maximum atomic E-state index is 12.2. The molecule has 0 fully saturated rings. The number of aliphatic hydroxyl groups excluding tert-OH is 1. The number of aliphatic hydroxyl groups is 1. The highest BCUT2D eigenvalue weighted by Gasteiger charge is 2.18. The van der Waals surface area contributed by atoms with Crippen LogP contribution < -0.4 is 20.1 Å². The molecular weight excluding hydrogens is 396 g/mol. The standard InChI is InChI=1S/C20H20N2O6S/c1-26-12-5-7-15(27-2)14(10-12)22-20(25)19(24)21-11-13-6-8-17(29-13)18(23)16-4-3-9-28-16/h3-10,18,23H,11H2,1-2H3,(H,21,24)(H,22,25). The second-order valence-corrected chi connectivity index (χ2v) is 7.12. The van der Waals surface area contributed by atoms with E-state index >= 15 is 0 Å². The van der Waals surface area contributed by atoms with Crippen LogP contribution in [-0.4, -0.2) is 31.1 Å². The van der Waals surface area contributed by atoms with Crippen LogP contribution in [0.5, 0.6) is 11.5 Å². The number of hydrogen-bond acceptors (Lipinski definition) is 7. The summed E-state index contributed by atoms with van der Waals surface area (Å²) in [5, 5.41) is 15.3. The summed E-state index contributed by atoms with van der Waals surface area (Å²) in [6.07, 6.45) is 0.617. The van der Waals surface area contributed by atoms with E-state index in [1.54, 1.807) is 42.5 Å². The van der Waals surface area contributed by atoms with E-state index in [0.29, 0.717) is 27.8 Å². The topological polar surface area (TPSA) is 110 Å². The lowest BCUT2D eigenvalue weighted by atomic mass is 10.2. The second-order valence-electron chi connectivity index (χ2n) is 5.93. The zero-order valence-electron chi connectivity index (χ0n) is 15.8. The molecule has 0 aliphatic carbocycles. The number of carbonyl (C=O) groups is 2. The van der Waals surface area contributed by atoms with E-state index in [0.717, 1.165) is 4.88 Å².